The molecule has 0 aromatic heterocycles. The van der Waals surface area contributed by atoms with E-state index in [1.54, 1.807) is 35.0 Å². The van der Waals surface area contributed by atoms with Crippen LogP contribution in [0.25, 0.3) is 0 Å². The van der Waals surface area contributed by atoms with Gasteiger partial charge in [0, 0.05) is 35.9 Å². The van der Waals surface area contributed by atoms with Gasteiger partial charge < -0.3 is 15.1 Å². The average Bonchev–Trinajstić information content (AvgIpc) is 2.38. The maximum atomic E-state index is 12.0. The molecule has 0 atom stereocenters. The van der Waals surface area contributed by atoms with Crippen LogP contribution in [0.3, 0.4) is 0 Å². The van der Waals surface area contributed by atoms with Gasteiger partial charge in [0.15, 0.2) is 5.11 Å². The van der Waals surface area contributed by atoms with Crippen molar-refractivity contribution in [3.63, 3.8) is 0 Å². The highest BCUT2D eigenvalue weighted by Crippen LogP contribution is 2.22. The van der Waals surface area contributed by atoms with E-state index in [1.807, 2.05) is 13.8 Å². The Morgan fingerprint density at radius 2 is 1.71 bits per heavy atom. The number of likely N-dealkylation sites (N-methyl/N-ethyl adjacent to an activating group) is 2. The molecule has 0 saturated carbocycles. The molecule has 21 heavy (non-hydrogen) atoms. The van der Waals surface area contributed by atoms with Crippen molar-refractivity contribution in [2.24, 2.45) is 0 Å². The summed E-state index contributed by atoms with van der Waals surface area (Å²) in [6.45, 7) is 5.50. The van der Waals surface area contributed by atoms with E-state index in [0.717, 1.165) is 0 Å². The van der Waals surface area contributed by atoms with E-state index >= 15 is 0 Å². The Hall–Kier alpha value is -1.04. The molecule has 1 aromatic carbocycles. The van der Waals surface area contributed by atoms with Gasteiger partial charge in [-0.1, -0.05) is 23.2 Å². The van der Waals surface area contributed by atoms with Crippen LogP contribution in [-0.2, 0) is 4.79 Å². The first kappa shape index (κ1) is 18.0. The molecule has 0 aliphatic carbocycles. The number of carbonyl (C=O) groups excluding carboxylic acids is 1. The van der Waals surface area contributed by atoms with Crippen molar-refractivity contribution in [3.8, 4) is 0 Å². The lowest BCUT2D eigenvalue weighted by atomic mass is 10.3. The van der Waals surface area contributed by atoms with E-state index in [2.05, 4.69) is 5.32 Å². The summed E-state index contributed by atoms with van der Waals surface area (Å²) in [5.41, 5.74) is 0.694. The Kier molecular flexibility index (Phi) is 7.22. The molecule has 1 aromatic rings. The number of hydrogen-bond acceptors (Lipinski definition) is 2. The van der Waals surface area contributed by atoms with E-state index in [4.69, 9.17) is 35.4 Å². The Labute approximate surface area is 141 Å². The zero-order valence-electron chi connectivity index (χ0n) is 12.3. The SMILES string of the molecule is CCN(CC)C(=O)CN(C)C(=S)Nc1cc(Cl)cc(Cl)c1. The van der Waals surface area contributed by atoms with Crippen molar-refractivity contribution >= 4 is 52.1 Å². The minimum atomic E-state index is 0.0378. The van der Waals surface area contributed by atoms with Crippen LogP contribution in [0.5, 0.6) is 0 Å². The quantitative estimate of drug-likeness (QED) is 0.827. The molecule has 116 valence electrons. The maximum Gasteiger partial charge on any atom is 0.242 e. The monoisotopic (exact) mass is 347 g/mol. The molecule has 0 fully saturated rings. The molecule has 1 rings (SSSR count). The summed E-state index contributed by atoms with van der Waals surface area (Å²) in [5, 5.41) is 4.51. The van der Waals surface area contributed by atoms with Crippen LogP contribution in [0.1, 0.15) is 13.8 Å². The standard InChI is InChI=1S/C14H19Cl2N3OS/c1-4-19(5-2)13(20)9-18(3)14(21)17-12-7-10(15)6-11(16)8-12/h6-8H,4-5,9H2,1-3H3,(H,17,21). The van der Waals surface area contributed by atoms with Gasteiger partial charge in [-0.05, 0) is 44.3 Å². The van der Waals surface area contributed by atoms with Crippen molar-refractivity contribution in [2.75, 3.05) is 32.0 Å². The highest BCUT2D eigenvalue weighted by molar-refractivity contribution is 7.80. The third-order valence-electron chi connectivity index (χ3n) is 2.95. The van der Waals surface area contributed by atoms with Gasteiger partial charge in [-0.3, -0.25) is 4.79 Å². The number of hydrogen-bond donors (Lipinski definition) is 1. The molecule has 1 amide bonds. The summed E-state index contributed by atoms with van der Waals surface area (Å²) in [4.78, 5) is 15.5. The molecule has 0 radical (unpaired) electrons. The Balaban J connectivity index is 2.64. The van der Waals surface area contributed by atoms with Crippen LogP contribution in [0, 0.1) is 0 Å². The number of carbonyl (C=O) groups is 1. The van der Waals surface area contributed by atoms with E-state index in [0.29, 0.717) is 33.9 Å². The predicted octanol–water partition coefficient (Wildman–Crippen LogP) is 3.49. The van der Waals surface area contributed by atoms with Crippen LogP contribution in [-0.4, -0.2) is 47.5 Å². The lowest BCUT2D eigenvalue weighted by Crippen LogP contribution is -2.42. The fourth-order valence-corrected chi connectivity index (χ4v) is 2.50. The van der Waals surface area contributed by atoms with Crippen LogP contribution in [0.15, 0.2) is 18.2 Å². The third-order valence-corrected chi connectivity index (χ3v) is 3.80. The van der Waals surface area contributed by atoms with Crippen molar-refractivity contribution < 1.29 is 4.79 Å². The second-order valence-corrected chi connectivity index (χ2v) is 5.77. The van der Waals surface area contributed by atoms with Crippen molar-refractivity contribution in [1.82, 2.24) is 9.80 Å². The van der Waals surface area contributed by atoms with Gasteiger partial charge in [-0.2, -0.15) is 0 Å². The van der Waals surface area contributed by atoms with Gasteiger partial charge in [0.1, 0.15) is 0 Å². The molecular weight excluding hydrogens is 329 g/mol. The predicted molar refractivity (Wildman–Crippen MR) is 93.2 cm³/mol. The topological polar surface area (TPSA) is 35.6 Å². The van der Waals surface area contributed by atoms with Crippen LogP contribution in [0.2, 0.25) is 10.0 Å². The van der Waals surface area contributed by atoms with Gasteiger partial charge in [0.2, 0.25) is 5.91 Å². The first-order valence-electron chi connectivity index (χ1n) is 6.63. The van der Waals surface area contributed by atoms with Crippen LogP contribution >= 0.6 is 35.4 Å². The average molecular weight is 348 g/mol. The Bertz CT molecular complexity index is 501. The van der Waals surface area contributed by atoms with Crippen molar-refractivity contribution in [3.05, 3.63) is 28.2 Å². The molecule has 0 saturated heterocycles. The number of nitrogens with one attached hydrogen (secondary N) is 1. The molecule has 7 heteroatoms. The van der Waals surface area contributed by atoms with Crippen molar-refractivity contribution in [2.45, 2.75) is 13.8 Å². The van der Waals surface area contributed by atoms with E-state index in [9.17, 15) is 4.79 Å². The smallest absolute Gasteiger partial charge is 0.242 e. The highest BCUT2D eigenvalue weighted by atomic mass is 35.5. The number of amides is 1. The molecule has 1 N–H and O–H groups in total. The number of benzene rings is 1. The van der Waals surface area contributed by atoms with Gasteiger partial charge in [-0.25, -0.2) is 0 Å². The zero-order valence-corrected chi connectivity index (χ0v) is 14.6. The molecule has 0 heterocycles. The number of halogens is 2. The fourth-order valence-electron chi connectivity index (χ4n) is 1.80. The summed E-state index contributed by atoms with van der Waals surface area (Å²) in [5.74, 6) is 0.0378. The number of anilines is 1. The minimum Gasteiger partial charge on any atom is -0.343 e. The highest BCUT2D eigenvalue weighted by Gasteiger charge is 2.14. The third kappa shape index (κ3) is 5.69. The second kappa shape index (κ2) is 8.41. The summed E-state index contributed by atoms with van der Waals surface area (Å²) in [6.07, 6.45) is 0. The first-order valence-corrected chi connectivity index (χ1v) is 7.79. The normalized spacial score (nSPS) is 10.1. The maximum absolute atomic E-state index is 12.0. The summed E-state index contributed by atoms with van der Waals surface area (Å²) >= 11 is 17.1. The molecule has 0 unspecified atom stereocenters. The summed E-state index contributed by atoms with van der Waals surface area (Å²) in [6, 6.07) is 5.09. The molecule has 4 nitrogen and oxygen atoms in total. The molecule has 0 aliphatic heterocycles. The zero-order chi connectivity index (χ0) is 16.0. The van der Waals surface area contributed by atoms with Crippen LogP contribution in [0.4, 0.5) is 5.69 Å². The van der Waals surface area contributed by atoms with Gasteiger partial charge >= 0.3 is 0 Å². The van der Waals surface area contributed by atoms with Crippen molar-refractivity contribution in [1.29, 1.82) is 0 Å². The lowest BCUT2D eigenvalue weighted by Gasteiger charge is -2.25. The number of thiocarbonyl (C=S) groups is 1. The molecule has 0 aliphatic rings. The summed E-state index contributed by atoms with van der Waals surface area (Å²) in [7, 11) is 1.77. The first-order chi connectivity index (χ1) is 9.87. The molecule has 0 bridgehead atoms. The fraction of sp³-hybridized carbons (Fsp3) is 0.429. The van der Waals surface area contributed by atoms with Gasteiger partial charge in [-0.15, -0.1) is 0 Å². The van der Waals surface area contributed by atoms with Gasteiger partial charge in [0.25, 0.3) is 0 Å². The Morgan fingerprint density at radius 3 is 2.19 bits per heavy atom. The summed E-state index contributed by atoms with van der Waals surface area (Å²) < 4.78 is 0. The lowest BCUT2D eigenvalue weighted by molar-refractivity contribution is -0.130. The Morgan fingerprint density at radius 1 is 1.19 bits per heavy atom. The minimum absolute atomic E-state index is 0.0378. The molecule has 0 spiro atoms. The number of nitrogens with zero attached hydrogens (tertiary/aromatic N) is 2. The molecular formula is C14H19Cl2N3OS. The van der Waals surface area contributed by atoms with E-state index in [-0.39, 0.29) is 12.5 Å². The number of rotatable bonds is 5. The van der Waals surface area contributed by atoms with Crippen LogP contribution < -0.4 is 5.32 Å². The second-order valence-electron chi connectivity index (χ2n) is 4.51. The largest absolute Gasteiger partial charge is 0.343 e. The van der Waals surface area contributed by atoms with E-state index in [1.165, 1.54) is 0 Å². The van der Waals surface area contributed by atoms with Gasteiger partial charge in [0.05, 0.1) is 6.54 Å². The van der Waals surface area contributed by atoms with E-state index < -0.39 is 0 Å².